The zero-order valence-electron chi connectivity index (χ0n) is 17.3. The van der Waals surface area contributed by atoms with Crippen molar-refractivity contribution in [3.63, 3.8) is 0 Å². The molecule has 0 radical (unpaired) electrons. The Morgan fingerprint density at radius 1 is 1.17 bits per heavy atom. The molecule has 0 bridgehead atoms. The number of benzene rings is 2. The van der Waals surface area contributed by atoms with Gasteiger partial charge < -0.3 is 14.8 Å². The van der Waals surface area contributed by atoms with Crippen molar-refractivity contribution in [1.82, 2.24) is 14.9 Å². The fourth-order valence-corrected chi connectivity index (χ4v) is 4.03. The van der Waals surface area contributed by atoms with E-state index in [4.69, 9.17) is 4.98 Å². The molecule has 30 heavy (non-hydrogen) atoms. The minimum atomic E-state index is -0.534. The molecule has 1 fully saturated rings. The number of anilines is 1. The molecular formula is C23H25FN4O2. The number of fused-ring (bicyclic) bond motifs is 1. The Kier molecular flexibility index (Phi) is 5.28. The lowest BCUT2D eigenvalue weighted by atomic mass is 10.0. The van der Waals surface area contributed by atoms with Gasteiger partial charge in [0.05, 0.1) is 28.7 Å². The Morgan fingerprint density at radius 2 is 1.87 bits per heavy atom. The number of halogens is 1. The summed E-state index contributed by atoms with van der Waals surface area (Å²) in [4.78, 5) is 31.6. The van der Waals surface area contributed by atoms with Crippen LogP contribution in [0, 0.1) is 17.7 Å². The number of nitrogens with one attached hydrogen (secondary N) is 1. The molecule has 2 heterocycles. The number of imidazole rings is 1. The third-order valence-corrected chi connectivity index (χ3v) is 5.70. The molecule has 2 atom stereocenters. The number of hydrogen-bond acceptors (Lipinski definition) is 3. The van der Waals surface area contributed by atoms with E-state index in [1.54, 1.807) is 18.2 Å². The van der Waals surface area contributed by atoms with Crippen LogP contribution < -0.4 is 10.2 Å². The highest BCUT2D eigenvalue weighted by atomic mass is 19.1. The van der Waals surface area contributed by atoms with E-state index in [0.29, 0.717) is 0 Å². The number of para-hydroxylation sites is 3. The summed E-state index contributed by atoms with van der Waals surface area (Å²) in [6.07, 6.45) is 0.0630. The van der Waals surface area contributed by atoms with E-state index < -0.39 is 11.7 Å². The molecule has 1 aliphatic rings. The second-order valence-electron chi connectivity index (χ2n) is 8.10. The van der Waals surface area contributed by atoms with E-state index in [9.17, 15) is 14.0 Å². The van der Waals surface area contributed by atoms with Crippen molar-refractivity contribution in [2.45, 2.75) is 26.3 Å². The van der Waals surface area contributed by atoms with Crippen molar-refractivity contribution < 1.29 is 14.0 Å². The fraction of sp³-hybridized carbons (Fsp3) is 0.348. The highest BCUT2D eigenvalue weighted by Crippen LogP contribution is 2.29. The first-order valence-electron chi connectivity index (χ1n) is 10.1. The van der Waals surface area contributed by atoms with E-state index in [-0.39, 0.29) is 42.4 Å². The maximum Gasteiger partial charge on any atom is 0.227 e. The van der Waals surface area contributed by atoms with Gasteiger partial charge in [0.15, 0.2) is 0 Å². The largest absolute Gasteiger partial charge is 0.346 e. The van der Waals surface area contributed by atoms with Crippen molar-refractivity contribution in [3.8, 4) is 0 Å². The molecule has 0 saturated carbocycles. The van der Waals surface area contributed by atoms with Gasteiger partial charge in [-0.25, -0.2) is 9.37 Å². The molecule has 0 spiro atoms. The van der Waals surface area contributed by atoms with Crippen LogP contribution in [0.5, 0.6) is 0 Å². The Labute approximate surface area is 174 Å². The standard InChI is InChI=1S/C23H25FN4O2/c1-14(2)21(22-25-17-9-5-7-11-19(17)27(22)3)26-23(30)15-12-20(29)28(13-15)18-10-6-4-8-16(18)24/h4-11,14-15,21H,12-13H2,1-3H3,(H,26,30)/t15-,21-/m0/s1. The van der Waals surface area contributed by atoms with Crippen LogP contribution in [-0.4, -0.2) is 27.9 Å². The summed E-state index contributed by atoms with van der Waals surface area (Å²) >= 11 is 0. The van der Waals surface area contributed by atoms with Crippen molar-refractivity contribution in [1.29, 1.82) is 0 Å². The Balaban J connectivity index is 1.55. The van der Waals surface area contributed by atoms with E-state index >= 15 is 0 Å². The molecule has 1 saturated heterocycles. The second kappa shape index (κ2) is 7.89. The first-order chi connectivity index (χ1) is 14.4. The van der Waals surface area contributed by atoms with Crippen LogP contribution in [0.4, 0.5) is 10.1 Å². The van der Waals surface area contributed by atoms with Crippen molar-refractivity contribution in [2.24, 2.45) is 18.9 Å². The third kappa shape index (κ3) is 3.56. The lowest BCUT2D eigenvalue weighted by molar-refractivity contribution is -0.127. The first kappa shape index (κ1) is 20.1. The number of aryl methyl sites for hydroxylation is 1. The number of hydrogen-bond donors (Lipinski definition) is 1. The number of nitrogens with zero attached hydrogens (tertiary/aromatic N) is 3. The molecule has 156 valence electrons. The highest BCUT2D eigenvalue weighted by Gasteiger charge is 2.37. The molecule has 7 heteroatoms. The SMILES string of the molecule is CC(C)[C@H](NC(=O)[C@H]1CC(=O)N(c2ccccc2F)C1)c1nc2ccccc2n1C. The summed E-state index contributed by atoms with van der Waals surface area (Å²) in [5.41, 5.74) is 2.08. The molecule has 2 aromatic carbocycles. The quantitative estimate of drug-likeness (QED) is 0.702. The number of carbonyl (C=O) groups is 2. The summed E-state index contributed by atoms with van der Waals surface area (Å²) in [6, 6.07) is 13.7. The predicted octanol–water partition coefficient (Wildman–Crippen LogP) is 3.58. The summed E-state index contributed by atoms with van der Waals surface area (Å²) in [7, 11) is 1.94. The molecule has 1 N–H and O–H groups in total. The second-order valence-corrected chi connectivity index (χ2v) is 8.10. The van der Waals surface area contributed by atoms with Crippen LogP contribution in [-0.2, 0) is 16.6 Å². The summed E-state index contributed by atoms with van der Waals surface area (Å²) in [5.74, 6) is -0.587. The number of rotatable bonds is 5. The van der Waals surface area contributed by atoms with Gasteiger partial charge in [0.25, 0.3) is 0 Å². The van der Waals surface area contributed by atoms with Crippen LogP contribution in [0.2, 0.25) is 0 Å². The summed E-state index contributed by atoms with van der Waals surface area (Å²) < 4.78 is 16.1. The molecule has 4 rings (SSSR count). The molecule has 0 aliphatic carbocycles. The van der Waals surface area contributed by atoms with E-state index in [0.717, 1.165) is 16.9 Å². The maximum atomic E-state index is 14.1. The number of amides is 2. The van der Waals surface area contributed by atoms with Gasteiger partial charge in [-0.05, 0) is 30.2 Å². The van der Waals surface area contributed by atoms with E-state index in [2.05, 4.69) is 5.32 Å². The van der Waals surface area contributed by atoms with Crippen LogP contribution >= 0.6 is 0 Å². The average molecular weight is 408 g/mol. The van der Waals surface area contributed by atoms with Gasteiger partial charge in [0.1, 0.15) is 11.6 Å². The summed E-state index contributed by atoms with van der Waals surface area (Å²) in [6.45, 7) is 4.21. The molecule has 2 amide bonds. The zero-order chi connectivity index (χ0) is 21.4. The van der Waals surface area contributed by atoms with Gasteiger partial charge in [-0.3, -0.25) is 9.59 Å². The van der Waals surface area contributed by atoms with Crippen LogP contribution in [0.1, 0.15) is 32.1 Å². The van der Waals surface area contributed by atoms with Gasteiger partial charge in [-0.15, -0.1) is 0 Å². The summed E-state index contributed by atoms with van der Waals surface area (Å²) in [5, 5.41) is 3.09. The van der Waals surface area contributed by atoms with Crippen LogP contribution in [0.3, 0.4) is 0 Å². The van der Waals surface area contributed by atoms with Crippen molar-refractivity contribution in [2.75, 3.05) is 11.4 Å². The molecule has 3 aromatic rings. The number of aromatic nitrogens is 2. The molecule has 1 aromatic heterocycles. The number of carbonyl (C=O) groups excluding carboxylic acids is 2. The van der Waals surface area contributed by atoms with Crippen LogP contribution in [0.15, 0.2) is 48.5 Å². The predicted molar refractivity (Wildman–Crippen MR) is 113 cm³/mol. The molecule has 0 unspecified atom stereocenters. The van der Waals surface area contributed by atoms with Gasteiger partial charge >= 0.3 is 0 Å². The topological polar surface area (TPSA) is 67.2 Å². The van der Waals surface area contributed by atoms with Crippen molar-refractivity contribution >= 4 is 28.5 Å². The molecule has 6 nitrogen and oxygen atoms in total. The van der Waals surface area contributed by atoms with E-state index in [1.807, 2.05) is 49.7 Å². The third-order valence-electron chi connectivity index (χ3n) is 5.70. The lowest BCUT2D eigenvalue weighted by Gasteiger charge is -2.24. The zero-order valence-corrected chi connectivity index (χ0v) is 17.3. The van der Waals surface area contributed by atoms with Crippen molar-refractivity contribution in [3.05, 3.63) is 60.2 Å². The van der Waals surface area contributed by atoms with Gasteiger partial charge in [-0.2, -0.15) is 0 Å². The van der Waals surface area contributed by atoms with Gasteiger partial charge in [0, 0.05) is 20.0 Å². The highest BCUT2D eigenvalue weighted by molar-refractivity contribution is 6.00. The minimum Gasteiger partial charge on any atom is -0.346 e. The maximum absolute atomic E-state index is 14.1. The van der Waals surface area contributed by atoms with E-state index in [1.165, 1.54) is 11.0 Å². The van der Waals surface area contributed by atoms with Crippen LogP contribution in [0.25, 0.3) is 11.0 Å². The smallest absolute Gasteiger partial charge is 0.227 e. The lowest BCUT2D eigenvalue weighted by Crippen LogP contribution is -2.38. The Morgan fingerprint density at radius 3 is 2.57 bits per heavy atom. The Bertz CT molecular complexity index is 1110. The van der Waals surface area contributed by atoms with Gasteiger partial charge in [0.2, 0.25) is 11.8 Å². The minimum absolute atomic E-state index is 0.0630. The fourth-order valence-electron chi connectivity index (χ4n) is 4.03. The Hall–Kier alpha value is -3.22. The molecular weight excluding hydrogens is 383 g/mol. The first-order valence-corrected chi connectivity index (χ1v) is 10.1. The molecule has 1 aliphatic heterocycles. The average Bonchev–Trinajstić information content (AvgIpc) is 3.27. The monoisotopic (exact) mass is 408 g/mol. The van der Waals surface area contributed by atoms with Gasteiger partial charge in [-0.1, -0.05) is 38.1 Å². The normalized spacial score (nSPS) is 17.7.